The van der Waals surface area contributed by atoms with E-state index in [0.717, 1.165) is 13.0 Å². The van der Waals surface area contributed by atoms with Crippen molar-refractivity contribution < 1.29 is 14.6 Å². The number of hydrogen-bond donors (Lipinski definition) is 1. The quantitative estimate of drug-likeness (QED) is 0.908. The standard InChI is InChI=1S/C14H17Cl2NO3/c15-12-2-1-11(7-13(12)16)20-6-4-14(19)17-5-3-10(8-17)9-18/h1-2,7,10,18H,3-6,8-9H2. The van der Waals surface area contributed by atoms with Crippen LogP contribution in [0.15, 0.2) is 18.2 Å². The molecule has 1 heterocycles. The van der Waals surface area contributed by atoms with Gasteiger partial charge in [0.05, 0.1) is 23.1 Å². The highest BCUT2D eigenvalue weighted by Gasteiger charge is 2.25. The first-order valence-electron chi connectivity index (χ1n) is 6.56. The molecule has 0 bridgehead atoms. The normalized spacial score (nSPS) is 18.4. The molecule has 1 aliphatic rings. The zero-order valence-corrected chi connectivity index (χ0v) is 12.5. The van der Waals surface area contributed by atoms with Crippen molar-refractivity contribution in [1.82, 2.24) is 4.90 Å². The fourth-order valence-electron chi connectivity index (χ4n) is 2.19. The van der Waals surface area contributed by atoms with Gasteiger partial charge in [0.25, 0.3) is 0 Å². The minimum atomic E-state index is 0.0565. The summed E-state index contributed by atoms with van der Waals surface area (Å²) in [6, 6.07) is 5.01. The number of carbonyl (C=O) groups excluding carboxylic acids is 1. The van der Waals surface area contributed by atoms with Gasteiger partial charge in [0, 0.05) is 31.7 Å². The van der Waals surface area contributed by atoms with Crippen molar-refractivity contribution in [1.29, 1.82) is 0 Å². The Hall–Kier alpha value is -0.970. The van der Waals surface area contributed by atoms with Gasteiger partial charge in [-0.1, -0.05) is 23.2 Å². The summed E-state index contributed by atoms with van der Waals surface area (Å²) in [5, 5.41) is 9.96. The molecule has 0 spiro atoms. The molecule has 2 rings (SSSR count). The lowest BCUT2D eigenvalue weighted by atomic mass is 10.1. The van der Waals surface area contributed by atoms with Gasteiger partial charge in [-0.15, -0.1) is 0 Å². The third-order valence-corrected chi connectivity index (χ3v) is 4.11. The van der Waals surface area contributed by atoms with Crippen LogP contribution < -0.4 is 4.74 Å². The highest BCUT2D eigenvalue weighted by atomic mass is 35.5. The van der Waals surface area contributed by atoms with Gasteiger partial charge in [-0.3, -0.25) is 4.79 Å². The average Bonchev–Trinajstić information content (AvgIpc) is 2.91. The molecule has 4 nitrogen and oxygen atoms in total. The molecule has 6 heteroatoms. The first-order valence-corrected chi connectivity index (χ1v) is 7.32. The number of benzene rings is 1. The van der Waals surface area contributed by atoms with Crippen LogP contribution in [-0.4, -0.2) is 42.2 Å². The predicted octanol–water partition coefficient (Wildman–Crippen LogP) is 2.60. The largest absolute Gasteiger partial charge is 0.493 e. The van der Waals surface area contributed by atoms with Crippen molar-refractivity contribution >= 4 is 29.1 Å². The fourth-order valence-corrected chi connectivity index (χ4v) is 2.48. The minimum absolute atomic E-state index is 0.0565. The lowest BCUT2D eigenvalue weighted by Crippen LogP contribution is -2.30. The van der Waals surface area contributed by atoms with E-state index in [-0.39, 0.29) is 18.4 Å². The summed E-state index contributed by atoms with van der Waals surface area (Å²) < 4.78 is 5.49. The highest BCUT2D eigenvalue weighted by Crippen LogP contribution is 2.26. The Bertz CT molecular complexity index is 481. The van der Waals surface area contributed by atoms with Crippen LogP contribution in [0.3, 0.4) is 0 Å². The summed E-state index contributed by atoms with van der Waals surface area (Å²) in [5.41, 5.74) is 0. The number of ether oxygens (including phenoxy) is 1. The van der Waals surface area contributed by atoms with Crippen LogP contribution in [0.2, 0.25) is 10.0 Å². The number of nitrogens with zero attached hydrogens (tertiary/aromatic N) is 1. The number of aliphatic hydroxyl groups is 1. The second-order valence-electron chi connectivity index (χ2n) is 4.85. The van der Waals surface area contributed by atoms with Gasteiger partial charge in [0.1, 0.15) is 5.75 Å². The summed E-state index contributed by atoms with van der Waals surface area (Å²) in [6.07, 6.45) is 1.19. The molecule has 0 radical (unpaired) electrons. The van der Waals surface area contributed by atoms with Gasteiger partial charge in [-0.2, -0.15) is 0 Å². The molecular weight excluding hydrogens is 301 g/mol. The number of likely N-dealkylation sites (tertiary alicyclic amines) is 1. The highest BCUT2D eigenvalue weighted by molar-refractivity contribution is 6.42. The smallest absolute Gasteiger partial charge is 0.226 e. The number of halogens is 2. The molecule has 1 fully saturated rings. The van der Waals surface area contributed by atoms with E-state index in [4.69, 9.17) is 33.0 Å². The van der Waals surface area contributed by atoms with Crippen molar-refractivity contribution in [2.75, 3.05) is 26.3 Å². The maximum Gasteiger partial charge on any atom is 0.226 e. The molecule has 1 aromatic rings. The number of amides is 1. The summed E-state index contributed by atoms with van der Waals surface area (Å²) in [7, 11) is 0. The second-order valence-corrected chi connectivity index (χ2v) is 5.67. The van der Waals surface area contributed by atoms with Crippen molar-refractivity contribution in [3.63, 3.8) is 0 Å². The molecule has 1 N–H and O–H groups in total. The maximum atomic E-state index is 11.9. The van der Waals surface area contributed by atoms with E-state index >= 15 is 0 Å². The van der Waals surface area contributed by atoms with Gasteiger partial charge >= 0.3 is 0 Å². The third-order valence-electron chi connectivity index (χ3n) is 3.37. The van der Waals surface area contributed by atoms with Crippen molar-refractivity contribution in [3.8, 4) is 5.75 Å². The van der Waals surface area contributed by atoms with Gasteiger partial charge < -0.3 is 14.7 Å². The van der Waals surface area contributed by atoms with E-state index in [2.05, 4.69) is 0 Å². The van der Waals surface area contributed by atoms with Crippen LogP contribution in [0.1, 0.15) is 12.8 Å². The first-order chi connectivity index (χ1) is 9.60. The van der Waals surface area contributed by atoms with Crippen LogP contribution in [0, 0.1) is 5.92 Å². The molecule has 20 heavy (non-hydrogen) atoms. The first kappa shape index (κ1) is 15.4. The average molecular weight is 318 g/mol. The molecule has 0 aliphatic carbocycles. The molecule has 0 saturated carbocycles. The number of hydrogen-bond acceptors (Lipinski definition) is 3. The number of aliphatic hydroxyl groups excluding tert-OH is 1. The van der Waals surface area contributed by atoms with Gasteiger partial charge in [0.15, 0.2) is 0 Å². The Balaban J connectivity index is 1.75. The van der Waals surface area contributed by atoms with E-state index in [1.807, 2.05) is 0 Å². The number of carbonyl (C=O) groups is 1. The van der Waals surface area contributed by atoms with Gasteiger partial charge in [-0.25, -0.2) is 0 Å². The van der Waals surface area contributed by atoms with Crippen LogP contribution in [0.5, 0.6) is 5.75 Å². The third kappa shape index (κ3) is 4.01. The molecule has 1 aromatic carbocycles. The van der Waals surface area contributed by atoms with Gasteiger partial charge in [0.2, 0.25) is 5.91 Å². The monoisotopic (exact) mass is 317 g/mol. The molecule has 110 valence electrons. The Morgan fingerprint density at radius 2 is 2.20 bits per heavy atom. The molecule has 1 saturated heterocycles. The van der Waals surface area contributed by atoms with Gasteiger partial charge in [-0.05, 0) is 18.6 Å². The Morgan fingerprint density at radius 1 is 1.40 bits per heavy atom. The van der Waals surface area contributed by atoms with E-state index in [1.54, 1.807) is 23.1 Å². The lowest BCUT2D eigenvalue weighted by Gasteiger charge is -2.16. The topological polar surface area (TPSA) is 49.8 Å². The van der Waals surface area contributed by atoms with E-state index in [1.165, 1.54) is 0 Å². The Labute approximate surface area is 128 Å². The Kier molecular flexibility index (Phi) is 5.52. The van der Waals surface area contributed by atoms with E-state index < -0.39 is 0 Å². The Morgan fingerprint density at radius 3 is 2.85 bits per heavy atom. The molecule has 1 unspecified atom stereocenters. The molecule has 1 aliphatic heterocycles. The molecule has 0 aromatic heterocycles. The van der Waals surface area contributed by atoms with Crippen LogP contribution >= 0.6 is 23.2 Å². The van der Waals surface area contributed by atoms with Crippen molar-refractivity contribution in [3.05, 3.63) is 28.2 Å². The van der Waals surface area contributed by atoms with Crippen LogP contribution in [0.25, 0.3) is 0 Å². The van der Waals surface area contributed by atoms with Crippen LogP contribution in [-0.2, 0) is 4.79 Å². The van der Waals surface area contributed by atoms with Crippen LogP contribution in [0.4, 0.5) is 0 Å². The van der Waals surface area contributed by atoms with E-state index in [9.17, 15) is 4.79 Å². The summed E-state index contributed by atoms with van der Waals surface area (Å²) in [6.45, 7) is 1.81. The molecule has 1 atom stereocenters. The second kappa shape index (κ2) is 7.16. The zero-order valence-electron chi connectivity index (χ0n) is 11.0. The summed E-state index contributed by atoms with van der Waals surface area (Å²) in [5.74, 6) is 0.873. The van der Waals surface area contributed by atoms with Crippen molar-refractivity contribution in [2.24, 2.45) is 5.92 Å². The SMILES string of the molecule is O=C(CCOc1ccc(Cl)c(Cl)c1)N1CCC(CO)C1. The minimum Gasteiger partial charge on any atom is -0.493 e. The van der Waals surface area contributed by atoms with Crippen molar-refractivity contribution in [2.45, 2.75) is 12.8 Å². The van der Waals surface area contributed by atoms with E-state index in [0.29, 0.717) is 35.4 Å². The number of rotatable bonds is 5. The molecular formula is C14H17Cl2NO3. The molecule has 1 amide bonds. The fraction of sp³-hybridized carbons (Fsp3) is 0.500. The zero-order chi connectivity index (χ0) is 14.5. The maximum absolute atomic E-state index is 11.9. The lowest BCUT2D eigenvalue weighted by molar-refractivity contribution is -0.130. The predicted molar refractivity (Wildman–Crippen MR) is 78.3 cm³/mol. The summed E-state index contributed by atoms with van der Waals surface area (Å²) in [4.78, 5) is 13.7. The summed E-state index contributed by atoms with van der Waals surface area (Å²) >= 11 is 11.7.